The van der Waals surface area contributed by atoms with Crippen molar-refractivity contribution in [3.63, 3.8) is 0 Å². The molecule has 1 aliphatic heterocycles. The number of hydrogen-bond donors (Lipinski definition) is 1. The van der Waals surface area contributed by atoms with E-state index in [0.29, 0.717) is 12.8 Å². The molecule has 0 amide bonds. The summed E-state index contributed by atoms with van der Waals surface area (Å²) < 4.78 is 26.0. The fourth-order valence-electron chi connectivity index (χ4n) is 2.03. The number of carbonyl (C=O) groups excluding carboxylic acids is 1. The van der Waals surface area contributed by atoms with Gasteiger partial charge in [-0.3, -0.25) is 4.79 Å². The first-order chi connectivity index (χ1) is 7.84. The summed E-state index contributed by atoms with van der Waals surface area (Å²) in [6.45, 7) is 3.66. The van der Waals surface area contributed by atoms with Gasteiger partial charge in [-0.05, 0) is 32.4 Å². The Morgan fingerprint density at radius 3 is 2.71 bits per heavy atom. The van der Waals surface area contributed by atoms with Crippen molar-refractivity contribution in [2.75, 3.05) is 6.54 Å². The number of sulfonamides is 1. The van der Waals surface area contributed by atoms with E-state index in [-0.39, 0.29) is 17.4 Å². The minimum absolute atomic E-state index is 0.0283. The van der Waals surface area contributed by atoms with Crippen molar-refractivity contribution < 1.29 is 13.2 Å². The Bertz CT molecular complexity index is 517. The molecule has 0 saturated carbocycles. The number of aromatic amines is 1. The average Bonchev–Trinajstić information content (AvgIpc) is 2.75. The smallest absolute Gasteiger partial charge is 0.259 e. The average molecular weight is 256 g/mol. The summed E-state index contributed by atoms with van der Waals surface area (Å²) in [7, 11) is -3.60. The van der Waals surface area contributed by atoms with Gasteiger partial charge >= 0.3 is 0 Å². The molecule has 1 saturated heterocycles. The van der Waals surface area contributed by atoms with Crippen molar-refractivity contribution in [1.29, 1.82) is 0 Å². The number of rotatable bonds is 2. The van der Waals surface area contributed by atoms with E-state index in [0.717, 1.165) is 0 Å². The molecule has 0 spiro atoms. The number of hydrogen-bond acceptors (Lipinski definition) is 3. The van der Waals surface area contributed by atoms with Crippen LogP contribution in [0, 0.1) is 0 Å². The van der Waals surface area contributed by atoms with E-state index >= 15 is 0 Å². The van der Waals surface area contributed by atoms with Gasteiger partial charge < -0.3 is 4.98 Å². The van der Waals surface area contributed by atoms with E-state index in [1.54, 1.807) is 12.3 Å². The highest BCUT2D eigenvalue weighted by Gasteiger charge is 2.41. The normalized spacial score (nSPS) is 21.6. The quantitative estimate of drug-likeness (QED) is 0.862. The number of piperidine rings is 1. The second-order valence-corrected chi connectivity index (χ2v) is 6.73. The molecule has 1 N–H and O–H groups in total. The molecule has 2 rings (SSSR count). The van der Waals surface area contributed by atoms with Crippen LogP contribution in [0.2, 0.25) is 0 Å². The summed E-state index contributed by atoms with van der Waals surface area (Å²) in [5.74, 6) is -0.0283. The summed E-state index contributed by atoms with van der Waals surface area (Å²) in [5, 5.41) is 0.139. The summed E-state index contributed by atoms with van der Waals surface area (Å²) in [6, 6.07) is 3.14. The molecule has 0 atom stereocenters. The number of ketones is 1. The molecule has 6 heteroatoms. The van der Waals surface area contributed by atoms with Crippen molar-refractivity contribution in [2.24, 2.45) is 0 Å². The maximum atomic E-state index is 12.4. The summed E-state index contributed by atoms with van der Waals surface area (Å²) in [4.78, 5) is 14.1. The first kappa shape index (κ1) is 12.3. The zero-order valence-electron chi connectivity index (χ0n) is 9.93. The number of aromatic nitrogens is 1. The molecule has 17 heavy (non-hydrogen) atoms. The van der Waals surface area contributed by atoms with Crippen molar-refractivity contribution in [1.82, 2.24) is 9.29 Å². The third-order valence-electron chi connectivity index (χ3n) is 3.15. The molecule has 1 fully saturated rings. The van der Waals surface area contributed by atoms with Crippen LogP contribution in [0.25, 0.3) is 0 Å². The van der Waals surface area contributed by atoms with Crippen molar-refractivity contribution in [2.45, 2.75) is 37.3 Å². The van der Waals surface area contributed by atoms with Gasteiger partial charge in [-0.2, -0.15) is 4.31 Å². The monoisotopic (exact) mass is 256 g/mol. The van der Waals surface area contributed by atoms with E-state index in [1.807, 2.05) is 13.8 Å². The molecule has 1 aromatic heterocycles. The zero-order valence-corrected chi connectivity index (χ0v) is 10.8. The van der Waals surface area contributed by atoms with Crippen molar-refractivity contribution >= 4 is 15.8 Å². The maximum Gasteiger partial charge on any atom is 0.259 e. The van der Waals surface area contributed by atoms with Crippen LogP contribution >= 0.6 is 0 Å². The van der Waals surface area contributed by atoms with Gasteiger partial charge in [0.2, 0.25) is 0 Å². The largest absolute Gasteiger partial charge is 0.351 e. The molecule has 1 aliphatic rings. The van der Waals surface area contributed by atoms with E-state index in [2.05, 4.69) is 4.98 Å². The van der Waals surface area contributed by atoms with Gasteiger partial charge in [0.05, 0.1) is 6.54 Å². The fourth-order valence-corrected chi connectivity index (χ4v) is 3.79. The molecule has 0 unspecified atom stereocenters. The van der Waals surface area contributed by atoms with Crippen LogP contribution in [0.1, 0.15) is 26.7 Å². The third kappa shape index (κ3) is 2.14. The molecule has 0 aliphatic carbocycles. The number of H-pyrrole nitrogens is 1. The Kier molecular flexibility index (Phi) is 2.87. The fraction of sp³-hybridized carbons (Fsp3) is 0.545. The highest BCUT2D eigenvalue weighted by atomic mass is 32.2. The lowest BCUT2D eigenvalue weighted by Crippen LogP contribution is -2.53. The summed E-state index contributed by atoms with van der Waals surface area (Å²) in [6.07, 6.45) is 2.57. The Morgan fingerprint density at radius 1 is 1.41 bits per heavy atom. The Labute approximate surface area is 101 Å². The van der Waals surface area contributed by atoms with Crippen LogP contribution in [-0.2, 0) is 14.8 Å². The number of nitrogens with one attached hydrogen (secondary N) is 1. The number of Topliss-reactive ketones (excluding diaryl/α,β-unsaturated/α-hetero) is 1. The first-order valence-corrected chi connectivity index (χ1v) is 6.96. The highest BCUT2D eigenvalue weighted by molar-refractivity contribution is 7.89. The molecule has 0 aromatic carbocycles. The minimum Gasteiger partial charge on any atom is -0.351 e. The molecule has 2 heterocycles. The lowest BCUT2D eigenvalue weighted by Gasteiger charge is -2.40. The summed E-state index contributed by atoms with van der Waals surface area (Å²) >= 11 is 0. The van der Waals surface area contributed by atoms with Crippen LogP contribution in [0.5, 0.6) is 0 Å². The minimum atomic E-state index is -3.60. The third-order valence-corrected chi connectivity index (χ3v) is 5.16. The molecule has 94 valence electrons. The van der Waals surface area contributed by atoms with Crippen LogP contribution in [0.3, 0.4) is 0 Å². The van der Waals surface area contributed by atoms with Crippen LogP contribution in [0.4, 0.5) is 0 Å². The van der Waals surface area contributed by atoms with Crippen molar-refractivity contribution in [3.8, 4) is 0 Å². The maximum absolute atomic E-state index is 12.4. The molecule has 1 aromatic rings. The Hall–Kier alpha value is -1.14. The van der Waals surface area contributed by atoms with E-state index in [4.69, 9.17) is 0 Å². The van der Waals surface area contributed by atoms with E-state index in [9.17, 15) is 13.2 Å². The predicted octanol–water partition coefficient (Wildman–Crippen LogP) is 1.15. The van der Waals surface area contributed by atoms with E-state index < -0.39 is 15.6 Å². The number of carbonyl (C=O) groups is 1. The Balaban J connectivity index is 2.41. The van der Waals surface area contributed by atoms with Gasteiger partial charge in [-0.1, -0.05) is 0 Å². The highest BCUT2D eigenvalue weighted by Crippen LogP contribution is 2.31. The SMILES string of the molecule is CC1(C)CCC(=O)CN1S(=O)(=O)c1ccc[nH]1. The van der Waals surface area contributed by atoms with Gasteiger partial charge in [0.1, 0.15) is 10.8 Å². The topological polar surface area (TPSA) is 70.2 Å². The van der Waals surface area contributed by atoms with Gasteiger partial charge in [-0.15, -0.1) is 0 Å². The molecule has 0 radical (unpaired) electrons. The van der Waals surface area contributed by atoms with Gasteiger partial charge in [-0.25, -0.2) is 8.42 Å². The second-order valence-electron chi connectivity index (χ2n) is 4.90. The van der Waals surface area contributed by atoms with E-state index in [1.165, 1.54) is 10.4 Å². The molecular weight excluding hydrogens is 240 g/mol. The summed E-state index contributed by atoms with van der Waals surface area (Å²) in [5.41, 5.74) is -0.516. The molecule has 5 nitrogen and oxygen atoms in total. The lowest BCUT2D eigenvalue weighted by molar-refractivity contribution is -0.123. The molecule has 0 bridgehead atoms. The first-order valence-electron chi connectivity index (χ1n) is 5.52. The van der Waals surface area contributed by atoms with Crippen LogP contribution < -0.4 is 0 Å². The predicted molar refractivity (Wildman–Crippen MR) is 63.0 cm³/mol. The number of nitrogens with zero attached hydrogens (tertiary/aromatic N) is 1. The Morgan fingerprint density at radius 2 is 2.12 bits per heavy atom. The van der Waals surface area contributed by atoms with Crippen molar-refractivity contribution in [3.05, 3.63) is 18.3 Å². The van der Waals surface area contributed by atoms with Crippen LogP contribution in [-0.4, -0.2) is 35.6 Å². The molecular formula is C11H16N2O3S. The standard InChI is InChI=1S/C11H16N2O3S/c1-11(2)6-5-9(14)8-13(11)17(15,16)10-4-3-7-12-10/h3-4,7,12H,5-6,8H2,1-2H3. The van der Waals surface area contributed by atoms with Gasteiger partial charge in [0, 0.05) is 18.2 Å². The van der Waals surface area contributed by atoms with Crippen LogP contribution in [0.15, 0.2) is 23.4 Å². The zero-order chi connectivity index (χ0) is 12.7. The van der Waals surface area contributed by atoms with Gasteiger partial charge in [0.25, 0.3) is 10.0 Å². The lowest BCUT2D eigenvalue weighted by atomic mass is 9.93. The van der Waals surface area contributed by atoms with Gasteiger partial charge in [0.15, 0.2) is 0 Å². The second kappa shape index (κ2) is 3.96.